The number of hydrogen-bond donors (Lipinski definition) is 3. The van der Waals surface area contributed by atoms with Crippen LogP contribution in [0, 0.1) is 0 Å². The molecule has 1 aromatic heterocycles. The van der Waals surface area contributed by atoms with Crippen LogP contribution in [0.25, 0.3) is 0 Å². The van der Waals surface area contributed by atoms with Gasteiger partial charge in [-0.25, -0.2) is 4.68 Å². The van der Waals surface area contributed by atoms with E-state index in [1.165, 1.54) is 37.9 Å². The monoisotopic (exact) mass is 757 g/mol. The molecule has 0 atom stereocenters. The Kier molecular flexibility index (Phi) is 15.6. The van der Waals surface area contributed by atoms with Crippen molar-refractivity contribution >= 4 is 50.1 Å². The minimum Gasteiger partial charge on any atom is -0.550 e. The van der Waals surface area contributed by atoms with E-state index in [4.69, 9.17) is 14.9 Å². The number of rotatable bonds is 14. The van der Waals surface area contributed by atoms with Crippen molar-refractivity contribution in [3.05, 3.63) is 35.7 Å². The van der Waals surface area contributed by atoms with Crippen LogP contribution in [0.15, 0.2) is 24.3 Å². The number of aliphatic carboxylic acids is 3. The van der Waals surface area contributed by atoms with E-state index in [2.05, 4.69) is 38.5 Å². The molecule has 2 heterocycles. The minimum atomic E-state index is -2.97. The van der Waals surface area contributed by atoms with Crippen LogP contribution in [-0.2, 0) is 34.6 Å². The van der Waals surface area contributed by atoms with Gasteiger partial charge in [-0.3, -0.25) is 4.90 Å². The van der Waals surface area contributed by atoms with E-state index in [0.717, 1.165) is 25.3 Å². The Labute approximate surface area is 251 Å². The van der Waals surface area contributed by atoms with E-state index < -0.39 is 36.4 Å². The van der Waals surface area contributed by atoms with Crippen molar-refractivity contribution in [1.29, 1.82) is 0 Å². The second-order valence-electron chi connectivity index (χ2n) is 9.16. The number of benzene rings is 1. The number of carbonyl (C=O) groups excluding carboxylic acids is 3. The largest absolute Gasteiger partial charge is 3.00 e. The molecule has 40 heavy (non-hydrogen) atoms. The number of carboxylic acids is 3. The maximum Gasteiger partial charge on any atom is 3.00 e. The average Bonchev–Trinajstić information content (AvgIpc) is 3.23. The Morgan fingerprint density at radius 3 is 2.30 bits per heavy atom. The number of aromatic nitrogens is 3. The fourth-order valence-electron chi connectivity index (χ4n) is 3.91. The number of carbonyl (C=O) groups is 3. The summed E-state index contributed by atoms with van der Waals surface area (Å²) >= 11 is 0. The van der Waals surface area contributed by atoms with Gasteiger partial charge in [0.25, 0.3) is 0 Å². The van der Waals surface area contributed by atoms with Crippen LogP contribution in [0.1, 0.15) is 49.9 Å². The van der Waals surface area contributed by atoms with Gasteiger partial charge in [0, 0.05) is 44.9 Å². The summed E-state index contributed by atoms with van der Waals surface area (Å²) in [5, 5.41) is 55.3. The average molecular weight is 758 g/mol. The van der Waals surface area contributed by atoms with Crippen molar-refractivity contribution in [2.45, 2.75) is 57.3 Å². The third kappa shape index (κ3) is 12.5. The first kappa shape index (κ1) is 35.2. The van der Waals surface area contributed by atoms with Crippen molar-refractivity contribution in [3.63, 3.8) is 0 Å². The fraction of sp³-hybridized carbons (Fsp3) is 0.560. The second kappa shape index (κ2) is 17.7. The Hall–Kier alpha value is -2.87. The Bertz CT molecular complexity index is 1080. The zero-order valence-electron chi connectivity index (χ0n) is 22.3. The summed E-state index contributed by atoms with van der Waals surface area (Å²) in [6.45, 7) is 4.66. The van der Waals surface area contributed by atoms with Crippen molar-refractivity contribution in [2.24, 2.45) is 7.05 Å². The van der Waals surface area contributed by atoms with Crippen LogP contribution in [0.2, 0.25) is 0 Å². The number of aryl methyl sites for hydroxylation is 1. The van der Waals surface area contributed by atoms with Gasteiger partial charge in [0.2, 0.25) is 5.95 Å². The normalized spacial score (nSPS) is 13.4. The Morgan fingerprint density at radius 1 is 1.10 bits per heavy atom. The summed E-state index contributed by atoms with van der Waals surface area (Å²) < 4.78 is 7.52. The maximum atomic E-state index is 10.1. The van der Waals surface area contributed by atoms with E-state index in [9.17, 15) is 29.7 Å². The SMILES string of the molecule is Cn1nc(CO)nc1NCCCOc1cccc(CN2CCCCC2)c1.O=C([O-])CC(O)(CC(=O)[O-])C(=O)[O-].[Bi+3]. The minimum absolute atomic E-state index is 0. The molecular weight excluding hydrogens is 723 g/mol. The van der Waals surface area contributed by atoms with Gasteiger partial charge in [-0.15, -0.1) is 0 Å². The van der Waals surface area contributed by atoms with Crippen LogP contribution in [0.3, 0.4) is 0 Å². The van der Waals surface area contributed by atoms with Gasteiger partial charge in [-0.1, -0.05) is 18.6 Å². The van der Waals surface area contributed by atoms with Crippen LogP contribution in [0.4, 0.5) is 5.95 Å². The van der Waals surface area contributed by atoms with E-state index in [0.29, 0.717) is 18.4 Å². The van der Waals surface area contributed by atoms with Crippen molar-refractivity contribution in [2.75, 3.05) is 31.6 Å². The molecule has 0 bridgehead atoms. The third-order valence-corrected chi connectivity index (χ3v) is 5.83. The number of piperidine rings is 1. The van der Waals surface area contributed by atoms with E-state index >= 15 is 0 Å². The molecule has 15 heteroatoms. The number of aliphatic hydroxyl groups excluding tert-OH is 1. The number of hydrogen-bond acceptors (Lipinski definition) is 13. The molecule has 1 fully saturated rings. The smallest absolute Gasteiger partial charge is 0.550 e. The van der Waals surface area contributed by atoms with Crippen molar-refractivity contribution in [1.82, 2.24) is 19.7 Å². The van der Waals surface area contributed by atoms with Crippen molar-refractivity contribution < 1.29 is 44.7 Å². The summed E-state index contributed by atoms with van der Waals surface area (Å²) in [6, 6.07) is 8.42. The second-order valence-corrected chi connectivity index (χ2v) is 9.16. The fourth-order valence-corrected chi connectivity index (χ4v) is 3.91. The summed E-state index contributed by atoms with van der Waals surface area (Å²) in [5.41, 5.74) is -1.66. The standard InChI is InChI=1S/C19H29N5O2.C6H8O7.Bi/c1-23-19(21-18(15-25)22-23)20-9-6-12-26-17-8-5-7-16(13-17)14-24-10-3-2-4-11-24;7-3(8)1-6(13,5(11)12)2-4(9)10;/h5,7-8,13,25H,2-4,6,9-12,14-15H2,1H3,(H,20,21,22);13H,1-2H2,(H,7,8)(H,9,10)(H,11,12);/q;;+3/p-3. The van der Waals surface area contributed by atoms with Gasteiger partial charge < -0.3 is 50.0 Å². The molecule has 3 rings (SSSR count). The van der Waals surface area contributed by atoms with Gasteiger partial charge in [0.1, 0.15) is 18.0 Å². The number of aliphatic hydroxyl groups is 2. The number of ether oxygens (including phenoxy) is 1. The quantitative estimate of drug-likeness (QED) is 0.126. The molecule has 2 radical (unpaired) electrons. The molecule has 2 aromatic rings. The van der Waals surface area contributed by atoms with E-state index in [-0.39, 0.29) is 32.8 Å². The molecule has 1 aliphatic rings. The number of nitrogens with zero attached hydrogens (tertiary/aromatic N) is 4. The molecule has 0 unspecified atom stereocenters. The molecule has 3 N–H and O–H groups in total. The first-order valence-electron chi connectivity index (χ1n) is 12.5. The van der Waals surface area contributed by atoms with Crippen LogP contribution in [-0.4, -0.2) is 106 Å². The molecule has 1 saturated heterocycles. The van der Waals surface area contributed by atoms with E-state index in [1.807, 2.05) is 6.07 Å². The number of carboxylic acid groups (broad SMARTS) is 3. The predicted octanol–water partition coefficient (Wildman–Crippen LogP) is -3.46. The summed E-state index contributed by atoms with van der Waals surface area (Å²) in [7, 11) is 1.80. The third-order valence-electron chi connectivity index (χ3n) is 5.83. The molecule has 14 nitrogen and oxygen atoms in total. The number of likely N-dealkylation sites (tertiary alicyclic amines) is 1. The first-order valence-corrected chi connectivity index (χ1v) is 12.5. The molecule has 218 valence electrons. The van der Waals surface area contributed by atoms with Gasteiger partial charge in [0.05, 0.1) is 12.6 Å². The van der Waals surface area contributed by atoms with Gasteiger partial charge in [-0.05, 0) is 50.0 Å². The maximum absolute atomic E-state index is 10.1. The predicted molar refractivity (Wildman–Crippen MR) is 136 cm³/mol. The first-order chi connectivity index (χ1) is 18.5. The number of nitrogens with one attached hydrogen (secondary N) is 1. The Morgan fingerprint density at radius 2 is 1.75 bits per heavy atom. The van der Waals surface area contributed by atoms with Crippen LogP contribution >= 0.6 is 0 Å². The zero-order chi connectivity index (χ0) is 28.8. The molecule has 1 aromatic carbocycles. The van der Waals surface area contributed by atoms with E-state index in [1.54, 1.807) is 11.7 Å². The van der Waals surface area contributed by atoms with Crippen LogP contribution < -0.4 is 25.4 Å². The Balaban J connectivity index is 0.000000489. The topological polar surface area (TPSA) is 216 Å². The molecule has 0 saturated carbocycles. The molecule has 0 aliphatic carbocycles. The van der Waals surface area contributed by atoms with Gasteiger partial charge in [0.15, 0.2) is 5.82 Å². The number of anilines is 1. The summed E-state index contributed by atoms with van der Waals surface area (Å²) in [6.07, 6.45) is 2.14. The molecule has 0 amide bonds. The summed E-state index contributed by atoms with van der Waals surface area (Å²) in [5.74, 6) is -3.96. The molecule has 1 aliphatic heterocycles. The van der Waals surface area contributed by atoms with Gasteiger partial charge in [-0.2, -0.15) is 10.1 Å². The zero-order valence-corrected chi connectivity index (χ0v) is 25.8. The van der Waals surface area contributed by atoms with Crippen LogP contribution in [0.5, 0.6) is 5.75 Å². The molecule has 0 spiro atoms. The van der Waals surface area contributed by atoms with Gasteiger partial charge >= 0.3 is 26.2 Å². The molecular formula is C25H34BiN5O9. The van der Waals surface area contributed by atoms with Crippen molar-refractivity contribution in [3.8, 4) is 5.75 Å². The summed E-state index contributed by atoms with van der Waals surface area (Å²) in [4.78, 5) is 36.7.